The van der Waals surface area contributed by atoms with Gasteiger partial charge in [-0.15, -0.1) is 0 Å². The Morgan fingerprint density at radius 1 is 1.20 bits per heavy atom. The Labute approximate surface area is 94.0 Å². The zero-order chi connectivity index (χ0) is 11.1. The smallest absolute Gasteiger partial charge is 0.139 e. The molecular formula is C13H25NO. The molecule has 0 aliphatic carbocycles. The molecule has 0 N–H and O–H groups in total. The molecule has 1 saturated heterocycles. The van der Waals surface area contributed by atoms with Crippen molar-refractivity contribution in [3.8, 4) is 0 Å². The number of hydrogen-bond donors (Lipinski definition) is 0. The lowest BCUT2D eigenvalue weighted by atomic mass is 9.91. The van der Waals surface area contributed by atoms with Gasteiger partial charge in [-0.1, -0.05) is 32.6 Å². The monoisotopic (exact) mass is 211 g/mol. The van der Waals surface area contributed by atoms with Gasteiger partial charge in [0, 0.05) is 0 Å². The van der Waals surface area contributed by atoms with E-state index in [-0.39, 0.29) is 5.54 Å². The van der Waals surface area contributed by atoms with E-state index in [9.17, 15) is 4.79 Å². The lowest BCUT2D eigenvalue weighted by Crippen LogP contribution is -2.50. The molecule has 0 saturated carbocycles. The molecule has 1 aliphatic rings. The maximum atomic E-state index is 11.3. The summed E-state index contributed by atoms with van der Waals surface area (Å²) >= 11 is 0. The third-order valence-corrected chi connectivity index (χ3v) is 3.62. The summed E-state index contributed by atoms with van der Waals surface area (Å²) in [6.45, 7) is 6.54. The second kappa shape index (κ2) is 6.26. The van der Waals surface area contributed by atoms with Crippen molar-refractivity contribution in [3.63, 3.8) is 0 Å². The Kier molecular flexibility index (Phi) is 5.30. The van der Waals surface area contributed by atoms with Gasteiger partial charge in [-0.2, -0.15) is 0 Å². The van der Waals surface area contributed by atoms with Crippen LogP contribution in [0.15, 0.2) is 0 Å². The number of carbonyl (C=O) groups excluding carboxylic acids is 1. The van der Waals surface area contributed by atoms with Crippen molar-refractivity contribution < 1.29 is 4.79 Å². The van der Waals surface area contributed by atoms with Crippen LogP contribution in [0.2, 0.25) is 0 Å². The number of rotatable bonds is 6. The fourth-order valence-corrected chi connectivity index (χ4v) is 2.43. The molecule has 0 aromatic carbocycles. The van der Waals surface area contributed by atoms with Gasteiger partial charge < -0.3 is 4.79 Å². The third kappa shape index (κ3) is 3.60. The molecule has 0 radical (unpaired) electrons. The van der Waals surface area contributed by atoms with Crippen molar-refractivity contribution in [2.75, 3.05) is 13.1 Å². The SMILES string of the molecule is CCCCCC(C)(C=O)N1CCCCC1. The largest absolute Gasteiger partial charge is 0.301 e. The molecule has 1 heterocycles. The molecule has 1 rings (SSSR count). The highest BCUT2D eigenvalue weighted by Gasteiger charge is 2.31. The fraction of sp³-hybridized carbons (Fsp3) is 0.923. The van der Waals surface area contributed by atoms with Crippen molar-refractivity contribution in [2.24, 2.45) is 0 Å². The average Bonchev–Trinajstić information content (AvgIpc) is 2.30. The van der Waals surface area contributed by atoms with Crippen molar-refractivity contribution in [1.82, 2.24) is 4.90 Å². The maximum absolute atomic E-state index is 11.3. The third-order valence-electron chi connectivity index (χ3n) is 3.62. The van der Waals surface area contributed by atoms with Crippen LogP contribution in [0.3, 0.4) is 0 Å². The molecule has 1 aliphatic heterocycles. The first-order valence-corrected chi connectivity index (χ1v) is 6.44. The average molecular weight is 211 g/mol. The van der Waals surface area contributed by atoms with Crippen molar-refractivity contribution in [2.45, 2.75) is 64.3 Å². The minimum absolute atomic E-state index is 0.185. The second-order valence-electron chi connectivity index (χ2n) is 4.98. The van der Waals surface area contributed by atoms with Gasteiger partial charge in [-0.05, 0) is 39.3 Å². The van der Waals surface area contributed by atoms with Gasteiger partial charge >= 0.3 is 0 Å². The van der Waals surface area contributed by atoms with Gasteiger partial charge in [-0.25, -0.2) is 0 Å². The zero-order valence-corrected chi connectivity index (χ0v) is 10.3. The van der Waals surface area contributed by atoms with E-state index in [1.807, 2.05) is 0 Å². The quantitative estimate of drug-likeness (QED) is 0.497. The Hall–Kier alpha value is -0.370. The van der Waals surface area contributed by atoms with Crippen LogP contribution in [0.5, 0.6) is 0 Å². The van der Waals surface area contributed by atoms with Gasteiger partial charge in [0.1, 0.15) is 6.29 Å². The Balaban J connectivity index is 2.45. The summed E-state index contributed by atoms with van der Waals surface area (Å²) in [5.74, 6) is 0. The normalized spacial score (nSPS) is 22.3. The molecule has 1 fully saturated rings. The molecular weight excluding hydrogens is 186 g/mol. The van der Waals surface area contributed by atoms with E-state index in [1.54, 1.807) is 0 Å². The lowest BCUT2D eigenvalue weighted by Gasteiger charge is -2.39. The first-order chi connectivity index (χ1) is 7.23. The summed E-state index contributed by atoms with van der Waals surface area (Å²) in [5.41, 5.74) is -0.185. The second-order valence-corrected chi connectivity index (χ2v) is 4.98. The number of carbonyl (C=O) groups is 1. The first kappa shape index (κ1) is 12.7. The molecule has 15 heavy (non-hydrogen) atoms. The highest BCUT2D eigenvalue weighted by atomic mass is 16.1. The minimum atomic E-state index is -0.185. The standard InChI is InChI=1S/C13H25NO/c1-3-4-6-9-13(2,12-15)14-10-7-5-8-11-14/h12H,3-11H2,1-2H3. The van der Waals surface area contributed by atoms with Crippen LogP contribution in [0.4, 0.5) is 0 Å². The molecule has 2 heteroatoms. The summed E-state index contributed by atoms with van der Waals surface area (Å²) in [6, 6.07) is 0. The number of hydrogen-bond acceptors (Lipinski definition) is 2. The Morgan fingerprint density at radius 2 is 1.87 bits per heavy atom. The molecule has 0 aromatic heterocycles. The van der Waals surface area contributed by atoms with Crippen LogP contribution in [-0.4, -0.2) is 29.8 Å². The predicted octanol–water partition coefficient (Wildman–Crippen LogP) is 3.01. The van der Waals surface area contributed by atoms with Crippen LogP contribution in [-0.2, 0) is 4.79 Å². The van der Waals surface area contributed by atoms with Gasteiger partial charge in [0.2, 0.25) is 0 Å². The van der Waals surface area contributed by atoms with Gasteiger partial charge in [0.15, 0.2) is 0 Å². The van der Waals surface area contributed by atoms with Crippen molar-refractivity contribution >= 4 is 6.29 Å². The van der Waals surface area contributed by atoms with Crippen LogP contribution >= 0.6 is 0 Å². The summed E-state index contributed by atoms with van der Waals surface area (Å²) < 4.78 is 0. The number of unbranched alkanes of at least 4 members (excludes halogenated alkanes) is 2. The van der Waals surface area contributed by atoms with Gasteiger partial charge in [0.05, 0.1) is 5.54 Å². The molecule has 0 amide bonds. The van der Waals surface area contributed by atoms with E-state index in [4.69, 9.17) is 0 Å². The number of nitrogens with zero attached hydrogens (tertiary/aromatic N) is 1. The van der Waals surface area contributed by atoms with Gasteiger partial charge in [0.25, 0.3) is 0 Å². The maximum Gasteiger partial charge on any atom is 0.139 e. The zero-order valence-electron chi connectivity index (χ0n) is 10.3. The lowest BCUT2D eigenvalue weighted by molar-refractivity contribution is -0.119. The number of likely N-dealkylation sites (tertiary alicyclic amines) is 1. The van der Waals surface area contributed by atoms with Crippen LogP contribution in [0.25, 0.3) is 0 Å². The molecule has 2 nitrogen and oxygen atoms in total. The fourth-order valence-electron chi connectivity index (χ4n) is 2.43. The van der Waals surface area contributed by atoms with Crippen LogP contribution in [0, 0.1) is 0 Å². The van der Waals surface area contributed by atoms with E-state index < -0.39 is 0 Å². The molecule has 0 spiro atoms. The van der Waals surface area contributed by atoms with E-state index in [2.05, 4.69) is 18.7 Å². The van der Waals surface area contributed by atoms with Crippen LogP contribution in [0.1, 0.15) is 58.8 Å². The Morgan fingerprint density at radius 3 is 2.40 bits per heavy atom. The summed E-state index contributed by atoms with van der Waals surface area (Å²) in [4.78, 5) is 13.7. The van der Waals surface area contributed by atoms with E-state index in [0.29, 0.717) is 0 Å². The van der Waals surface area contributed by atoms with Crippen LogP contribution < -0.4 is 0 Å². The van der Waals surface area contributed by atoms with E-state index >= 15 is 0 Å². The molecule has 0 bridgehead atoms. The Bertz CT molecular complexity index is 187. The van der Waals surface area contributed by atoms with Crippen molar-refractivity contribution in [1.29, 1.82) is 0 Å². The molecule has 88 valence electrons. The highest BCUT2D eigenvalue weighted by molar-refractivity contribution is 5.63. The summed E-state index contributed by atoms with van der Waals surface area (Å²) in [5, 5.41) is 0. The van der Waals surface area contributed by atoms with E-state index in [1.165, 1.54) is 44.8 Å². The topological polar surface area (TPSA) is 20.3 Å². The van der Waals surface area contributed by atoms with Gasteiger partial charge in [-0.3, -0.25) is 4.90 Å². The van der Waals surface area contributed by atoms with Crippen molar-refractivity contribution in [3.05, 3.63) is 0 Å². The first-order valence-electron chi connectivity index (χ1n) is 6.44. The number of piperidine rings is 1. The number of aldehydes is 1. The minimum Gasteiger partial charge on any atom is -0.301 e. The predicted molar refractivity (Wildman–Crippen MR) is 64.0 cm³/mol. The highest BCUT2D eigenvalue weighted by Crippen LogP contribution is 2.24. The molecule has 1 atom stereocenters. The molecule has 0 aromatic rings. The molecule has 1 unspecified atom stereocenters. The summed E-state index contributed by atoms with van der Waals surface area (Å²) in [6.07, 6.45) is 9.72. The summed E-state index contributed by atoms with van der Waals surface area (Å²) in [7, 11) is 0. The van der Waals surface area contributed by atoms with E-state index in [0.717, 1.165) is 19.5 Å².